The lowest BCUT2D eigenvalue weighted by atomic mass is 10.2. The Morgan fingerprint density at radius 1 is 1.11 bits per heavy atom. The summed E-state index contributed by atoms with van der Waals surface area (Å²) in [5.41, 5.74) is 8.79. The molecule has 2 aromatic carbocycles. The Bertz CT molecular complexity index is 518. The van der Waals surface area contributed by atoms with Gasteiger partial charge in [0.15, 0.2) is 0 Å². The van der Waals surface area contributed by atoms with Gasteiger partial charge in [-0.15, -0.1) is 11.8 Å². The number of nitrogens with two attached hydrogens (primary N) is 1. The third-order valence-electron chi connectivity index (χ3n) is 2.60. The summed E-state index contributed by atoms with van der Waals surface area (Å²) in [4.78, 5) is 1.22. The largest absolute Gasteiger partial charge is 0.399 e. The minimum Gasteiger partial charge on any atom is -0.399 e. The van der Waals surface area contributed by atoms with Crippen LogP contribution < -0.4 is 5.73 Å². The Kier molecular flexibility index (Phi) is 4.44. The molecule has 0 heterocycles. The Morgan fingerprint density at radius 2 is 1.89 bits per heavy atom. The van der Waals surface area contributed by atoms with Crippen molar-refractivity contribution in [2.24, 2.45) is 0 Å². The van der Waals surface area contributed by atoms with Gasteiger partial charge in [-0.2, -0.15) is 0 Å². The van der Waals surface area contributed by atoms with Crippen molar-refractivity contribution < 1.29 is 0 Å². The van der Waals surface area contributed by atoms with Crippen LogP contribution in [0.4, 0.5) is 5.69 Å². The summed E-state index contributed by atoms with van der Waals surface area (Å²) in [5, 5.41) is 1.38. The first-order valence-corrected chi connectivity index (χ1v) is 7.23. The second-order valence-electron chi connectivity index (χ2n) is 4.05. The quantitative estimate of drug-likeness (QED) is 0.624. The summed E-state index contributed by atoms with van der Waals surface area (Å²) < 4.78 is 0. The molecule has 4 heteroatoms. The van der Waals surface area contributed by atoms with E-state index in [2.05, 4.69) is 6.92 Å². The molecule has 2 rings (SSSR count). The molecule has 18 heavy (non-hydrogen) atoms. The van der Waals surface area contributed by atoms with Crippen LogP contribution in [0.15, 0.2) is 41.3 Å². The number of hydrogen-bond donors (Lipinski definition) is 1. The van der Waals surface area contributed by atoms with Crippen LogP contribution in [0.2, 0.25) is 10.0 Å². The van der Waals surface area contributed by atoms with E-state index in [0.717, 1.165) is 17.0 Å². The van der Waals surface area contributed by atoms with Crippen molar-refractivity contribution in [3.63, 3.8) is 0 Å². The van der Waals surface area contributed by atoms with Crippen molar-refractivity contribution >= 4 is 40.7 Å². The zero-order chi connectivity index (χ0) is 13.1. The third kappa shape index (κ3) is 3.35. The van der Waals surface area contributed by atoms with Gasteiger partial charge in [-0.25, -0.2) is 0 Å². The van der Waals surface area contributed by atoms with Gasteiger partial charge in [0.1, 0.15) is 0 Å². The molecule has 0 amide bonds. The van der Waals surface area contributed by atoms with Crippen LogP contribution in [0.25, 0.3) is 0 Å². The predicted molar refractivity (Wildman–Crippen MR) is 81.6 cm³/mol. The third-order valence-corrected chi connectivity index (χ3v) is 4.41. The van der Waals surface area contributed by atoms with Crippen molar-refractivity contribution in [2.75, 3.05) is 5.73 Å². The Balaban J connectivity index is 2.11. The van der Waals surface area contributed by atoms with Crippen LogP contribution in [0, 0.1) is 6.92 Å². The average Bonchev–Trinajstić information content (AvgIpc) is 2.30. The number of thioether (sulfide) groups is 1. The lowest BCUT2D eigenvalue weighted by molar-refractivity contribution is 1.29. The second kappa shape index (κ2) is 5.87. The zero-order valence-electron chi connectivity index (χ0n) is 9.91. The number of hydrogen-bond acceptors (Lipinski definition) is 2. The van der Waals surface area contributed by atoms with Crippen LogP contribution in [0.1, 0.15) is 11.1 Å². The van der Waals surface area contributed by atoms with E-state index in [1.54, 1.807) is 17.8 Å². The number of halogens is 2. The summed E-state index contributed by atoms with van der Waals surface area (Å²) >= 11 is 13.8. The maximum atomic E-state index is 6.14. The molecule has 2 aromatic rings. The molecule has 0 aliphatic rings. The monoisotopic (exact) mass is 297 g/mol. The highest BCUT2D eigenvalue weighted by molar-refractivity contribution is 7.98. The fourth-order valence-electron chi connectivity index (χ4n) is 1.63. The molecule has 0 fully saturated rings. The van der Waals surface area contributed by atoms with Gasteiger partial charge in [-0.05, 0) is 48.4 Å². The average molecular weight is 298 g/mol. The topological polar surface area (TPSA) is 26.0 Å². The normalized spacial score (nSPS) is 10.6. The van der Waals surface area contributed by atoms with Gasteiger partial charge in [0.25, 0.3) is 0 Å². The van der Waals surface area contributed by atoms with Crippen molar-refractivity contribution in [1.29, 1.82) is 0 Å². The summed E-state index contributed by atoms with van der Waals surface area (Å²) in [7, 11) is 0. The highest BCUT2D eigenvalue weighted by Gasteiger charge is 2.04. The molecule has 0 spiro atoms. The molecular weight excluding hydrogens is 285 g/mol. The van der Waals surface area contributed by atoms with Gasteiger partial charge in [0.2, 0.25) is 0 Å². The molecule has 0 aliphatic heterocycles. The van der Waals surface area contributed by atoms with Gasteiger partial charge in [0.05, 0.1) is 0 Å². The Labute approximate surface area is 121 Å². The van der Waals surface area contributed by atoms with Crippen LogP contribution >= 0.6 is 35.0 Å². The van der Waals surface area contributed by atoms with E-state index in [1.807, 2.05) is 30.3 Å². The van der Waals surface area contributed by atoms with Gasteiger partial charge in [0, 0.05) is 26.4 Å². The van der Waals surface area contributed by atoms with Crippen molar-refractivity contribution in [3.05, 3.63) is 57.6 Å². The van der Waals surface area contributed by atoms with Crippen LogP contribution in [0.5, 0.6) is 0 Å². The Hall–Kier alpha value is -0.830. The number of rotatable bonds is 3. The summed E-state index contributed by atoms with van der Waals surface area (Å²) in [6, 6.07) is 11.5. The predicted octanol–water partition coefficient (Wildman–Crippen LogP) is 5.18. The summed E-state index contributed by atoms with van der Waals surface area (Å²) in [5.74, 6) is 0.820. The minimum atomic E-state index is 0.664. The van der Waals surface area contributed by atoms with E-state index >= 15 is 0 Å². The second-order valence-corrected chi connectivity index (χ2v) is 5.91. The number of aryl methyl sites for hydroxylation is 1. The molecule has 0 unspecified atom stereocenters. The molecule has 0 radical (unpaired) electrons. The first-order valence-electron chi connectivity index (χ1n) is 5.49. The molecule has 0 bridgehead atoms. The van der Waals surface area contributed by atoms with Crippen LogP contribution in [-0.4, -0.2) is 0 Å². The maximum Gasteiger partial charge on any atom is 0.0461 e. The maximum absolute atomic E-state index is 6.14. The SMILES string of the molecule is Cc1cc(N)ccc1SCc1ccc(Cl)cc1Cl. The zero-order valence-corrected chi connectivity index (χ0v) is 12.2. The first kappa shape index (κ1) is 13.6. The van der Waals surface area contributed by atoms with E-state index in [1.165, 1.54) is 10.5 Å². The first-order chi connectivity index (χ1) is 8.56. The van der Waals surface area contributed by atoms with Crippen LogP contribution in [0.3, 0.4) is 0 Å². The molecule has 94 valence electrons. The molecule has 0 atom stereocenters. The highest BCUT2D eigenvalue weighted by Crippen LogP contribution is 2.30. The minimum absolute atomic E-state index is 0.664. The molecular formula is C14H13Cl2NS. The van der Waals surface area contributed by atoms with E-state index in [0.29, 0.717) is 10.0 Å². The Morgan fingerprint density at radius 3 is 2.56 bits per heavy atom. The fraction of sp³-hybridized carbons (Fsp3) is 0.143. The van der Waals surface area contributed by atoms with Gasteiger partial charge < -0.3 is 5.73 Å². The van der Waals surface area contributed by atoms with E-state index in [-0.39, 0.29) is 0 Å². The van der Waals surface area contributed by atoms with Crippen molar-refractivity contribution in [3.8, 4) is 0 Å². The number of benzene rings is 2. The molecule has 2 N–H and O–H groups in total. The number of nitrogen functional groups attached to an aromatic ring is 1. The van der Waals surface area contributed by atoms with Crippen LogP contribution in [-0.2, 0) is 5.75 Å². The van der Waals surface area contributed by atoms with Gasteiger partial charge in [-0.3, -0.25) is 0 Å². The molecule has 0 saturated carbocycles. The highest BCUT2D eigenvalue weighted by atomic mass is 35.5. The summed E-state index contributed by atoms with van der Waals surface area (Å²) in [6.45, 7) is 2.06. The van der Waals surface area contributed by atoms with Gasteiger partial charge in [-0.1, -0.05) is 29.3 Å². The fourth-order valence-corrected chi connectivity index (χ4v) is 3.20. The molecule has 0 saturated heterocycles. The summed E-state index contributed by atoms with van der Waals surface area (Å²) in [6.07, 6.45) is 0. The molecule has 0 aromatic heterocycles. The molecule has 1 nitrogen and oxygen atoms in total. The van der Waals surface area contributed by atoms with E-state index < -0.39 is 0 Å². The van der Waals surface area contributed by atoms with Crippen molar-refractivity contribution in [1.82, 2.24) is 0 Å². The van der Waals surface area contributed by atoms with E-state index in [4.69, 9.17) is 28.9 Å². The lowest BCUT2D eigenvalue weighted by Gasteiger charge is -2.08. The van der Waals surface area contributed by atoms with E-state index in [9.17, 15) is 0 Å². The molecule has 0 aliphatic carbocycles. The van der Waals surface area contributed by atoms with Crippen molar-refractivity contribution in [2.45, 2.75) is 17.6 Å². The number of anilines is 1. The smallest absolute Gasteiger partial charge is 0.0461 e. The standard InChI is InChI=1S/C14H13Cl2NS/c1-9-6-12(17)4-5-14(9)18-8-10-2-3-11(15)7-13(10)16/h2-7H,8,17H2,1H3. The van der Waals surface area contributed by atoms with Gasteiger partial charge >= 0.3 is 0 Å². The lowest BCUT2D eigenvalue weighted by Crippen LogP contribution is -1.88.